The minimum Gasteiger partial charge on any atom is -0.488 e. The van der Waals surface area contributed by atoms with Gasteiger partial charge in [-0.05, 0) is 37.3 Å². The molecule has 5 rings (SSSR count). The van der Waals surface area contributed by atoms with Crippen molar-refractivity contribution in [2.45, 2.75) is 26.6 Å². The van der Waals surface area contributed by atoms with Crippen molar-refractivity contribution < 1.29 is 9.53 Å². The summed E-state index contributed by atoms with van der Waals surface area (Å²) in [6, 6.07) is 17.9. The van der Waals surface area contributed by atoms with Crippen LogP contribution in [0.4, 0.5) is 0 Å². The van der Waals surface area contributed by atoms with E-state index in [0.717, 1.165) is 45.2 Å². The molecule has 1 amide bonds. The molecule has 0 radical (unpaired) electrons. The van der Waals surface area contributed by atoms with E-state index in [2.05, 4.69) is 27.9 Å². The lowest BCUT2D eigenvalue weighted by Crippen LogP contribution is -2.23. The smallest absolute Gasteiger partial charge is 0.261 e. The molecule has 1 aliphatic rings. The third-order valence-corrected chi connectivity index (χ3v) is 6.21. The van der Waals surface area contributed by atoms with Crippen LogP contribution < -0.4 is 10.1 Å². The summed E-state index contributed by atoms with van der Waals surface area (Å²) in [5.74, 6) is 1.67. The molecule has 0 bridgehead atoms. The highest BCUT2D eigenvalue weighted by atomic mass is 32.1. The number of nitrogens with zero attached hydrogens (tertiary/aromatic N) is 2. The second-order valence-corrected chi connectivity index (χ2v) is 7.75. The van der Waals surface area contributed by atoms with E-state index in [9.17, 15) is 4.79 Å². The van der Waals surface area contributed by atoms with Gasteiger partial charge in [0.2, 0.25) is 0 Å². The van der Waals surface area contributed by atoms with Gasteiger partial charge < -0.3 is 14.6 Å². The molecule has 28 heavy (non-hydrogen) atoms. The van der Waals surface area contributed by atoms with Gasteiger partial charge in [0, 0.05) is 22.5 Å². The number of hydrogen-bond acceptors (Lipinski definition) is 4. The number of nitrogens with one attached hydrogen (secondary N) is 1. The Kier molecular flexibility index (Phi) is 4.13. The Bertz CT molecular complexity index is 1190. The Morgan fingerprint density at radius 1 is 1.21 bits per heavy atom. The van der Waals surface area contributed by atoms with Gasteiger partial charge in [0.05, 0.1) is 22.5 Å². The van der Waals surface area contributed by atoms with Crippen LogP contribution in [-0.4, -0.2) is 15.5 Å². The number of amides is 1. The quantitative estimate of drug-likeness (QED) is 0.555. The fraction of sp³-hybridized carbons (Fsp3) is 0.182. The normalized spacial score (nSPS) is 12.3. The Morgan fingerprint density at radius 2 is 2.04 bits per heavy atom. The van der Waals surface area contributed by atoms with Crippen molar-refractivity contribution in [1.82, 2.24) is 14.9 Å². The number of fused-ring (bicyclic) bond motifs is 4. The Morgan fingerprint density at radius 3 is 2.93 bits per heavy atom. The van der Waals surface area contributed by atoms with E-state index in [1.165, 1.54) is 11.3 Å². The van der Waals surface area contributed by atoms with Crippen molar-refractivity contribution in [2.24, 2.45) is 0 Å². The molecule has 1 aliphatic heterocycles. The second-order valence-electron chi connectivity index (χ2n) is 6.69. The molecule has 0 unspecified atom stereocenters. The Labute approximate surface area is 166 Å². The topological polar surface area (TPSA) is 56.2 Å². The number of carbonyl (C=O) groups excluding carboxylic acids is 1. The maximum atomic E-state index is 12.8. The van der Waals surface area contributed by atoms with Crippen molar-refractivity contribution in [2.75, 3.05) is 0 Å². The highest BCUT2D eigenvalue weighted by Crippen LogP contribution is 2.42. The van der Waals surface area contributed by atoms with Crippen LogP contribution in [-0.2, 0) is 19.7 Å². The molecule has 140 valence electrons. The lowest BCUT2D eigenvalue weighted by atomic mass is 10.1. The van der Waals surface area contributed by atoms with Gasteiger partial charge in [-0.25, -0.2) is 4.98 Å². The van der Waals surface area contributed by atoms with Crippen LogP contribution in [0.2, 0.25) is 0 Å². The predicted molar refractivity (Wildman–Crippen MR) is 111 cm³/mol. The molecule has 6 heteroatoms. The van der Waals surface area contributed by atoms with Gasteiger partial charge in [0.15, 0.2) is 0 Å². The minimum atomic E-state index is -0.0772. The number of ether oxygens (including phenoxy) is 1. The van der Waals surface area contributed by atoms with E-state index >= 15 is 0 Å². The first kappa shape index (κ1) is 17.0. The second kappa shape index (κ2) is 6.80. The van der Waals surface area contributed by atoms with Crippen LogP contribution in [0.3, 0.4) is 0 Å². The Balaban J connectivity index is 1.39. The summed E-state index contributed by atoms with van der Waals surface area (Å²) in [7, 11) is 0. The summed E-state index contributed by atoms with van der Waals surface area (Å²) in [5.41, 5.74) is 4.17. The molecule has 0 fully saturated rings. The third-order valence-electron chi connectivity index (χ3n) is 5.00. The molecule has 0 spiro atoms. The fourth-order valence-electron chi connectivity index (χ4n) is 3.67. The number of aryl methyl sites for hydroxylation is 1. The summed E-state index contributed by atoms with van der Waals surface area (Å²) in [6.45, 7) is 3.80. The molecule has 0 atom stereocenters. The standard InChI is InChI=1S/C22H19N3O2S/c1-2-25-17-9-5-4-8-16(17)24-20(25)12-23-22(26)19-11-14-13-27-18-10-6-3-7-15(18)21(14)28-19/h3-11H,2,12-13H2,1H3,(H,23,26). The number of benzene rings is 2. The van der Waals surface area contributed by atoms with Gasteiger partial charge in [0.25, 0.3) is 5.91 Å². The average molecular weight is 389 g/mol. The van der Waals surface area contributed by atoms with E-state index in [-0.39, 0.29) is 5.91 Å². The molecule has 3 heterocycles. The van der Waals surface area contributed by atoms with Crippen molar-refractivity contribution in [3.05, 3.63) is 70.9 Å². The summed E-state index contributed by atoms with van der Waals surface area (Å²) >= 11 is 1.52. The molecule has 0 aliphatic carbocycles. The van der Waals surface area contributed by atoms with Crippen molar-refractivity contribution in [1.29, 1.82) is 0 Å². The van der Waals surface area contributed by atoms with Crippen LogP contribution in [0.15, 0.2) is 54.6 Å². The highest BCUT2D eigenvalue weighted by Gasteiger charge is 2.22. The number of carbonyl (C=O) groups is 1. The van der Waals surface area contributed by atoms with Crippen LogP contribution in [0.1, 0.15) is 28.0 Å². The summed E-state index contributed by atoms with van der Waals surface area (Å²) in [6.07, 6.45) is 0. The van der Waals surface area contributed by atoms with Gasteiger partial charge in [-0.1, -0.05) is 24.3 Å². The summed E-state index contributed by atoms with van der Waals surface area (Å²) < 4.78 is 7.94. The lowest BCUT2D eigenvalue weighted by Gasteiger charge is -2.16. The molecule has 4 aromatic rings. The number of imidazole rings is 1. The maximum absolute atomic E-state index is 12.8. The average Bonchev–Trinajstić information content (AvgIpc) is 3.33. The van der Waals surface area contributed by atoms with Gasteiger partial charge in [-0.2, -0.15) is 0 Å². The third kappa shape index (κ3) is 2.77. The first-order valence-electron chi connectivity index (χ1n) is 9.32. The van der Waals surface area contributed by atoms with E-state index < -0.39 is 0 Å². The number of aromatic nitrogens is 2. The zero-order chi connectivity index (χ0) is 19.1. The molecule has 0 saturated carbocycles. The van der Waals surface area contributed by atoms with Crippen LogP contribution in [0.5, 0.6) is 5.75 Å². The minimum absolute atomic E-state index is 0.0772. The van der Waals surface area contributed by atoms with Crippen molar-refractivity contribution >= 4 is 28.3 Å². The number of rotatable bonds is 4. The van der Waals surface area contributed by atoms with Crippen molar-refractivity contribution in [3.8, 4) is 16.2 Å². The fourth-order valence-corrected chi connectivity index (χ4v) is 4.78. The molecule has 0 saturated heterocycles. The number of para-hydroxylation sites is 3. The largest absolute Gasteiger partial charge is 0.488 e. The van der Waals surface area contributed by atoms with Gasteiger partial charge in [-0.3, -0.25) is 4.79 Å². The zero-order valence-electron chi connectivity index (χ0n) is 15.4. The SMILES string of the molecule is CCn1c(CNC(=O)c2cc3c(s2)-c2ccccc2OC3)nc2ccccc21. The van der Waals surface area contributed by atoms with Gasteiger partial charge in [-0.15, -0.1) is 11.3 Å². The van der Waals surface area contributed by atoms with Gasteiger partial charge in [0.1, 0.15) is 18.2 Å². The highest BCUT2D eigenvalue weighted by molar-refractivity contribution is 7.17. The number of hydrogen-bond donors (Lipinski definition) is 1. The van der Waals surface area contributed by atoms with Crippen LogP contribution in [0.25, 0.3) is 21.5 Å². The summed E-state index contributed by atoms with van der Waals surface area (Å²) in [5, 5.41) is 3.03. The number of thiophene rings is 1. The molecule has 2 aromatic carbocycles. The molecular weight excluding hydrogens is 370 g/mol. The van der Waals surface area contributed by atoms with Gasteiger partial charge >= 0.3 is 0 Å². The Hall–Kier alpha value is -3.12. The van der Waals surface area contributed by atoms with E-state index in [0.29, 0.717) is 18.0 Å². The lowest BCUT2D eigenvalue weighted by molar-refractivity contribution is 0.0953. The first-order chi connectivity index (χ1) is 13.7. The van der Waals surface area contributed by atoms with Crippen LogP contribution >= 0.6 is 11.3 Å². The predicted octanol–water partition coefficient (Wildman–Crippen LogP) is 4.61. The maximum Gasteiger partial charge on any atom is 0.261 e. The zero-order valence-corrected chi connectivity index (χ0v) is 16.3. The summed E-state index contributed by atoms with van der Waals surface area (Å²) in [4.78, 5) is 19.3. The molecule has 2 aromatic heterocycles. The first-order valence-corrected chi connectivity index (χ1v) is 10.1. The van der Waals surface area contributed by atoms with E-state index in [1.807, 2.05) is 48.5 Å². The van der Waals surface area contributed by atoms with Crippen molar-refractivity contribution in [3.63, 3.8) is 0 Å². The monoisotopic (exact) mass is 389 g/mol. The van der Waals surface area contributed by atoms with E-state index in [4.69, 9.17) is 4.74 Å². The van der Waals surface area contributed by atoms with E-state index in [1.54, 1.807) is 0 Å². The molecular formula is C22H19N3O2S. The van der Waals surface area contributed by atoms with Crippen LogP contribution in [0, 0.1) is 0 Å². The molecule has 5 nitrogen and oxygen atoms in total. The molecule has 1 N–H and O–H groups in total.